The maximum Gasteiger partial charge on any atom is 0.407 e. The van der Waals surface area contributed by atoms with Crippen molar-refractivity contribution >= 4 is 18.0 Å². The number of esters is 2. The van der Waals surface area contributed by atoms with Crippen molar-refractivity contribution in [2.75, 3.05) is 20.3 Å². The Bertz CT molecular complexity index is 521. The molecule has 1 atom stereocenters. The minimum atomic E-state index is -0.803. The molecule has 0 saturated heterocycles. The topological polar surface area (TPSA) is 90.9 Å². The van der Waals surface area contributed by atoms with Crippen LogP contribution in [0.15, 0.2) is 12.2 Å². The largest absolute Gasteiger partial charge is 0.462 e. The first-order valence-electron chi connectivity index (χ1n) is 12.3. The molecule has 0 spiro atoms. The summed E-state index contributed by atoms with van der Waals surface area (Å²) in [5.74, 6) is -0.858. The molecule has 0 rings (SSSR count). The first kappa shape index (κ1) is 29.9. The second-order valence-electron chi connectivity index (χ2n) is 8.10. The monoisotopic (exact) mass is 455 g/mol. The number of allylic oxidation sites excluding steroid dienone is 2. The van der Waals surface area contributed by atoms with Gasteiger partial charge in [0, 0.05) is 20.4 Å². The third-order valence-corrected chi connectivity index (χ3v) is 5.01. The van der Waals surface area contributed by atoms with Crippen molar-refractivity contribution < 1.29 is 28.6 Å². The molecule has 0 aromatic carbocycles. The lowest BCUT2D eigenvalue weighted by atomic mass is 10.1. The molecule has 1 N–H and O–H groups in total. The predicted octanol–water partition coefficient (Wildman–Crippen LogP) is 5.85. The molecule has 0 aromatic heterocycles. The van der Waals surface area contributed by atoms with Gasteiger partial charge < -0.3 is 19.5 Å². The smallest absolute Gasteiger partial charge is 0.407 e. The Morgan fingerprint density at radius 1 is 0.781 bits per heavy atom. The lowest BCUT2D eigenvalue weighted by molar-refractivity contribution is -0.159. The fraction of sp³-hybridized carbons (Fsp3) is 0.800. The van der Waals surface area contributed by atoms with E-state index in [-0.39, 0.29) is 19.2 Å². The minimum Gasteiger partial charge on any atom is -0.462 e. The summed E-state index contributed by atoms with van der Waals surface area (Å²) in [6.07, 6.45) is 19.1. The summed E-state index contributed by atoms with van der Waals surface area (Å²) in [6, 6.07) is 0. The Hall–Kier alpha value is -2.05. The number of carbonyl (C=O) groups is 3. The van der Waals surface area contributed by atoms with Gasteiger partial charge in [0.2, 0.25) is 0 Å². The number of hydrogen-bond acceptors (Lipinski definition) is 6. The quantitative estimate of drug-likeness (QED) is 0.107. The third kappa shape index (κ3) is 21.2. The molecule has 0 fully saturated rings. The van der Waals surface area contributed by atoms with E-state index < -0.39 is 18.2 Å². The number of rotatable bonds is 20. The van der Waals surface area contributed by atoms with Gasteiger partial charge in [-0.25, -0.2) is 4.79 Å². The van der Waals surface area contributed by atoms with Crippen LogP contribution in [0, 0.1) is 0 Å². The predicted molar refractivity (Wildman–Crippen MR) is 126 cm³/mol. The van der Waals surface area contributed by atoms with E-state index in [1.807, 2.05) is 0 Å². The van der Waals surface area contributed by atoms with E-state index in [2.05, 4.69) is 24.4 Å². The van der Waals surface area contributed by atoms with E-state index in [9.17, 15) is 14.4 Å². The van der Waals surface area contributed by atoms with Crippen LogP contribution >= 0.6 is 0 Å². The average Bonchev–Trinajstić information content (AvgIpc) is 2.77. The molecule has 0 bridgehead atoms. The number of carbonyl (C=O) groups excluding carboxylic acids is 3. The fourth-order valence-electron chi connectivity index (χ4n) is 3.19. The van der Waals surface area contributed by atoms with Crippen LogP contribution in [-0.4, -0.2) is 44.4 Å². The number of hydrogen-bond donors (Lipinski definition) is 1. The van der Waals surface area contributed by atoms with E-state index >= 15 is 0 Å². The Balaban J connectivity index is 3.64. The van der Waals surface area contributed by atoms with Gasteiger partial charge in [0.25, 0.3) is 0 Å². The van der Waals surface area contributed by atoms with Gasteiger partial charge in [0.1, 0.15) is 13.2 Å². The SMILES string of the molecule is CCCCCCCC/C=C\CCCCCCCC(=O)OCC(COC(=O)NC)OC(C)=O. The van der Waals surface area contributed by atoms with E-state index in [0.29, 0.717) is 6.42 Å². The molecule has 186 valence electrons. The summed E-state index contributed by atoms with van der Waals surface area (Å²) < 4.78 is 15.0. The molecule has 0 radical (unpaired) electrons. The first-order valence-corrected chi connectivity index (χ1v) is 12.3. The van der Waals surface area contributed by atoms with E-state index in [0.717, 1.165) is 25.7 Å². The molecule has 0 aliphatic carbocycles. The third-order valence-electron chi connectivity index (χ3n) is 5.01. The molecular weight excluding hydrogens is 410 g/mol. The highest BCUT2D eigenvalue weighted by molar-refractivity contribution is 5.69. The van der Waals surface area contributed by atoms with E-state index in [1.54, 1.807) is 0 Å². The highest BCUT2D eigenvalue weighted by Crippen LogP contribution is 2.10. The lowest BCUT2D eigenvalue weighted by Crippen LogP contribution is -2.32. The molecule has 1 amide bonds. The Morgan fingerprint density at radius 2 is 1.31 bits per heavy atom. The summed E-state index contributed by atoms with van der Waals surface area (Å²) in [6.45, 7) is 3.21. The standard InChI is InChI=1S/C25H45NO6/c1-4-5-6-7-8-9-10-11-12-13-14-15-16-17-18-19-24(28)30-20-23(32-22(2)27)21-31-25(29)26-3/h11-12,23H,4-10,13-21H2,1-3H3,(H,26,29)/b12-11-. The molecule has 0 aliphatic heterocycles. The van der Waals surface area contributed by atoms with Crippen LogP contribution in [0.1, 0.15) is 104 Å². The summed E-state index contributed by atoms with van der Waals surface area (Å²) in [4.78, 5) is 34.1. The van der Waals surface area contributed by atoms with Crippen LogP contribution in [0.3, 0.4) is 0 Å². The Kier molecular flexibility index (Phi) is 20.7. The van der Waals surface area contributed by atoms with Crippen molar-refractivity contribution in [3.8, 4) is 0 Å². The second kappa shape index (κ2) is 22.2. The number of alkyl carbamates (subject to hydrolysis) is 1. The highest BCUT2D eigenvalue weighted by atomic mass is 16.6. The molecule has 1 unspecified atom stereocenters. The van der Waals surface area contributed by atoms with Gasteiger partial charge in [-0.2, -0.15) is 0 Å². The summed E-state index contributed by atoms with van der Waals surface area (Å²) >= 11 is 0. The van der Waals surface area contributed by atoms with Crippen molar-refractivity contribution in [3.63, 3.8) is 0 Å². The zero-order valence-electron chi connectivity index (χ0n) is 20.5. The van der Waals surface area contributed by atoms with Crippen LogP contribution in [-0.2, 0) is 23.8 Å². The Morgan fingerprint density at radius 3 is 1.88 bits per heavy atom. The van der Waals surface area contributed by atoms with Crippen molar-refractivity contribution in [1.29, 1.82) is 0 Å². The second-order valence-corrected chi connectivity index (χ2v) is 8.10. The molecular formula is C25H45NO6. The van der Waals surface area contributed by atoms with Crippen molar-refractivity contribution in [2.45, 2.75) is 110 Å². The molecule has 7 heteroatoms. The normalized spacial score (nSPS) is 11.8. The average molecular weight is 456 g/mol. The van der Waals surface area contributed by atoms with Gasteiger partial charge in [0.15, 0.2) is 6.10 Å². The lowest BCUT2D eigenvalue weighted by Gasteiger charge is -2.17. The zero-order chi connectivity index (χ0) is 23.9. The van der Waals surface area contributed by atoms with E-state index in [4.69, 9.17) is 14.2 Å². The van der Waals surface area contributed by atoms with Gasteiger partial charge in [-0.3, -0.25) is 9.59 Å². The Labute approximate surface area is 194 Å². The summed E-state index contributed by atoms with van der Waals surface area (Å²) in [7, 11) is 1.43. The maximum absolute atomic E-state index is 11.9. The van der Waals surface area contributed by atoms with Crippen LogP contribution < -0.4 is 5.32 Å². The molecule has 0 heterocycles. The number of amides is 1. The van der Waals surface area contributed by atoms with Gasteiger partial charge >= 0.3 is 18.0 Å². The van der Waals surface area contributed by atoms with Gasteiger partial charge in [-0.1, -0.05) is 70.4 Å². The van der Waals surface area contributed by atoms with Crippen LogP contribution in [0.5, 0.6) is 0 Å². The highest BCUT2D eigenvalue weighted by Gasteiger charge is 2.17. The van der Waals surface area contributed by atoms with Gasteiger partial charge in [-0.05, 0) is 32.1 Å². The first-order chi connectivity index (χ1) is 15.5. The van der Waals surface area contributed by atoms with Crippen LogP contribution in [0.25, 0.3) is 0 Å². The molecule has 32 heavy (non-hydrogen) atoms. The number of unbranched alkanes of at least 4 members (excludes halogenated alkanes) is 11. The fourth-order valence-corrected chi connectivity index (χ4v) is 3.19. The van der Waals surface area contributed by atoms with Crippen LogP contribution in [0.2, 0.25) is 0 Å². The van der Waals surface area contributed by atoms with E-state index in [1.165, 1.54) is 71.8 Å². The maximum atomic E-state index is 11.9. The van der Waals surface area contributed by atoms with Crippen molar-refractivity contribution in [1.82, 2.24) is 5.32 Å². The van der Waals surface area contributed by atoms with Gasteiger partial charge in [0.05, 0.1) is 0 Å². The molecule has 7 nitrogen and oxygen atoms in total. The summed E-state index contributed by atoms with van der Waals surface area (Å²) in [5, 5.41) is 2.30. The van der Waals surface area contributed by atoms with Crippen molar-refractivity contribution in [3.05, 3.63) is 12.2 Å². The summed E-state index contributed by atoms with van der Waals surface area (Å²) in [5.41, 5.74) is 0. The zero-order valence-corrected chi connectivity index (χ0v) is 20.5. The van der Waals surface area contributed by atoms with Gasteiger partial charge in [-0.15, -0.1) is 0 Å². The van der Waals surface area contributed by atoms with Crippen LogP contribution in [0.4, 0.5) is 4.79 Å². The van der Waals surface area contributed by atoms with Crippen molar-refractivity contribution in [2.24, 2.45) is 0 Å². The molecule has 0 aliphatic rings. The number of nitrogens with one attached hydrogen (secondary N) is 1. The minimum absolute atomic E-state index is 0.125. The molecule has 0 aromatic rings. The number of ether oxygens (including phenoxy) is 3. The molecule has 0 saturated carbocycles.